The molecule has 0 spiro atoms. The zero-order chi connectivity index (χ0) is 12.4. The summed E-state index contributed by atoms with van der Waals surface area (Å²) in [7, 11) is 3.03. The van der Waals surface area contributed by atoms with Crippen molar-refractivity contribution in [3.8, 4) is 5.75 Å². The number of carbonyl (C=O) groups excluding carboxylic acids is 1. The number of rotatable bonds is 3. The van der Waals surface area contributed by atoms with Crippen LogP contribution in [0.25, 0.3) is 0 Å². The molecule has 4 nitrogen and oxygen atoms in total. The molecule has 0 aliphatic heterocycles. The molecular formula is C13H17NO3. The number of benzene rings is 1. The van der Waals surface area contributed by atoms with Crippen LogP contribution in [0.5, 0.6) is 5.75 Å². The van der Waals surface area contributed by atoms with Gasteiger partial charge in [0.2, 0.25) is 0 Å². The molecule has 1 aliphatic carbocycles. The molecule has 1 aromatic carbocycles. The van der Waals surface area contributed by atoms with Crippen LogP contribution in [0.15, 0.2) is 18.2 Å². The molecule has 92 valence electrons. The molecule has 0 radical (unpaired) electrons. The Morgan fingerprint density at radius 2 is 2.24 bits per heavy atom. The minimum atomic E-state index is -0.221. The van der Waals surface area contributed by atoms with Crippen molar-refractivity contribution in [2.45, 2.75) is 24.8 Å². The van der Waals surface area contributed by atoms with Crippen LogP contribution >= 0.6 is 0 Å². The summed E-state index contributed by atoms with van der Waals surface area (Å²) in [4.78, 5) is 11.4. The van der Waals surface area contributed by atoms with E-state index in [-0.39, 0.29) is 17.9 Å². The van der Waals surface area contributed by atoms with Crippen LogP contribution in [0.3, 0.4) is 0 Å². The molecular weight excluding hydrogens is 218 g/mol. The Balaban J connectivity index is 2.28. The standard InChI is InChI=1S/C13H17NO3/c1-16-9-4-3-8-5-12(14)11(10(8)6-9)7-13(15)17-2/h3-4,6,11-12H,5,7,14H2,1-2H3. The minimum Gasteiger partial charge on any atom is -0.497 e. The lowest BCUT2D eigenvalue weighted by molar-refractivity contribution is -0.141. The van der Waals surface area contributed by atoms with Crippen molar-refractivity contribution < 1.29 is 14.3 Å². The molecule has 0 heterocycles. The number of fused-ring (bicyclic) bond motifs is 1. The zero-order valence-corrected chi connectivity index (χ0v) is 10.1. The quantitative estimate of drug-likeness (QED) is 0.800. The Labute approximate surface area is 101 Å². The van der Waals surface area contributed by atoms with E-state index in [0.29, 0.717) is 6.42 Å². The van der Waals surface area contributed by atoms with Crippen LogP contribution in [0.1, 0.15) is 23.5 Å². The molecule has 0 amide bonds. The van der Waals surface area contributed by atoms with E-state index in [9.17, 15) is 4.79 Å². The van der Waals surface area contributed by atoms with Crippen molar-refractivity contribution in [2.75, 3.05) is 14.2 Å². The van der Waals surface area contributed by atoms with E-state index in [1.165, 1.54) is 12.7 Å². The van der Waals surface area contributed by atoms with Gasteiger partial charge in [0.25, 0.3) is 0 Å². The number of methoxy groups -OCH3 is 2. The highest BCUT2D eigenvalue weighted by molar-refractivity contribution is 5.71. The molecule has 17 heavy (non-hydrogen) atoms. The lowest BCUT2D eigenvalue weighted by Crippen LogP contribution is -2.27. The summed E-state index contributed by atoms with van der Waals surface area (Å²) in [6.45, 7) is 0. The van der Waals surface area contributed by atoms with Crippen LogP contribution in [-0.2, 0) is 16.0 Å². The Hall–Kier alpha value is -1.55. The molecule has 1 aromatic rings. The summed E-state index contributed by atoms with van der Waals surface area (Å²) in [6.07, 6.45) is 1.14. The van der Waals surface area contributed by atoms with Gasteiger partial charge in [0.05, 0.1) is 20.6 Å². The molecule has 2 unspecified atom stereocenters. The molecule has 0 saturated heterocycles. The molecule has 0 saturated carbocycles. The van der Waals surface area contributed by atoms with Crippen molar-refractivity contribution in [3.05, 3.63) is 29.3 Å². The van der Waals surface area contributed by atoms with Gasteiger partial charge >= 0.3 is 5.97 Å². The Bertz CT molecular complexity index is 431. The normalized spacial score (nSPS) is 22.1. The highest BCUT2D eigenvalue weighted by Gasteiger charge is 2.32. The molecule has 1 aliphatic rings. The number of nitrogens with two attached hydrogens (primary N) is 1. The average molecular weight is 235 g/mol. The van der Waals surface area contributed by atoms with E-state index in [1.807, 2.05) is 18.2 Å². The van der Waals surface area contributed by atoms with Crippen molar-refractivity contribution in [2.24, 2.45) is 5.73 Å². The van der Waals surface area contributed by atoms with E-state index < -0.39 is 0 Å². The van der Waals surface area contributed by atoms with E-state index in [0.717, 1.165) is 17.7 Å². The molecule has 0 aromatic heterocycles. The first-order valence-corrected chi connectivity index (χ1v) is 5.65. The van der Waals surface area contributed by atoms with Gasteiger partial charge in [-0.25, -0.2) is 0 Å². The van der Waals surface area contributed by atoms with Gasteiger partial charge in [0.1, 0.15) is 5.75 Å². The SMILES string of the molecule is COC(=O)CC1c2cc(OC)ccc2CC1N. The first-order valence-electron chi connectivity index (χ1n) is 5.65. The number of hydrogen-bond acceptors (Lipinski definition) is 4. The van der Waals surface area contributed by atoms with Crippen LogP contribution < -0.4 is 10.5 Å². The smallest absolute Gasteiger partial charge is 0.306 e. The molecule has 4 heteroatoms. The second-order valence-electron chi connectivity index (χ2n) is 4.32. The van der Waals surface area contributed by atoms with Gasteiger partial charge in [-0.15, -0.1) is 0 Å². The molecule has 0 bridgehead atoms. The first kappa shape index (κ1) is 11.9. The van der Waals surface area contributed by atoms with Crippen LogP contribution in [0.4, 0.5) is 0 Å². The second kappa shape index (κ2) is 4.75. The lowest BCUT2D eigenvalue weighted by Gasteiger charge is -2.15. The van der Waals surface area contributed by atoms with E-state index in [1.54, 1.807) is 7.11 Å². The van der Waals surface area contributed by atoms with Crippen molar-refractivity contribution in [3.63, 3.8) is 0 Å². The third-order valence-electron chi connectivity index (χ3n) is 3.34. The van der Waals surface area contributed by atoms with Gasteiger partial charge in [0.15, 0.2) is 0 Å². The monoisotopic (exact) mass is 235 g/mol. The Morgan fingerprint density at radius 1 is 1.47 bits per heavy atom. The number of esters is 1. The number of ether oxygens (including phenoxy) is 2. The van der Waals surface area contributed by atoms with Gasteiger partial charge in [-0.05, 0) is 29.7 Å². The summed E-state index contributed by atoms with van der Waals surface area (Å²) in [5.74, 6) is 0.612. The van der Waals surface area contributed by atoms with E-state index in [4.69, 9.17) is 15.2 Å². The topological polar surface area (TPSA) is 61.5 Å². The van der Waals surface area contributed by atoms with Gasteiger partial charge in [0, 0.05) is 12.0 Å². The third-order valence-corrected chi connectivity index (χ3v) is 3.34. The van der Waals surface area contributed by atoms with Crippen molar-refractivity contribution in [1.29, 1.82) is 0 Å². The highest BCUT2D eigenvalue weighted by Crippen LogP contribution is 2.37. The second-order valence-corrected chi connectivity index (χ2v) is 4.32. The van der Waals surface area contributed by atoms with Crippen molar-refractivity contribution >= 4 is 5.97 Å². The average Bonchev–Trinajstić information content (AvgIpc) is 2.65. The Morgan fingerprint density at radius 3 is 2.88 bits per heavy atom. The van der Waals surface area contributed by atoms with Gasteiger partial charge in [-0.2, -0.15) is 0 Å². The summed E-state index contributed by atoms with van der Waals surface area (Å²) >= 11 is 0. The summed E-state index contributed by atoms with van der Waals surface area (Å²) in [6, 6.07) is 5.89. The summed E-state index contributed by atoms with van der Waals surface area (Å²) in [5, 5.41) is 0. The van der Waals surface area contributed by atoms with E-state index >= 15 is 0 Å². The van der Waals surface area contributed by atoms with Gasteiger partial charge in [-0.1, -0.05) is 6.07 Å². The van der Waals surface area contributed by atoms with Gasteiger partial charge in [-0.3, -0.25) is 4.79 Å². The number of hydrogen-bond donors (Lipinski definition) is 1. The molecule has 0 fully saturated rings. The largest absolute Gasteiger partial charge is 0.497 e. The van der Waals surface area contributed by atoms with Crippen LogP contribution in [0.2, 0.25) is 0 Å². The summed E-state index contributed by atoms with van der Waals surface area (Å²) < 4.78 is 9.90. The van der Waals surface area contributed by atoms with Crippen molar-refractivity contribution in [1.82, 2.24) is 0 Å². The maximum absolute atomic E-state index is 11.4. The molecule has 2 N–H and O–H groups in total. The van der Waals surface area contributed by atoms with Gasteiger partial charge < -0.3 is 15.2 Å². The van der Waals surface area contributed by atoms with Crippen LogP contribution in [-0.4, -0.2) is 26.2 Å². The zero-order valence-electron chi connectivity index (χ0n) is 10.1. The maximum Gasteiger partial charge on any atom is 0.306 e. The maximum atomic E-state index is 11.4. The fraction of sp³-hybridized carbons (Fsp3) is 0.462. The fourth-order valence-electron chi connectivity index (χ4n) is 2.38. The third kappa shape index (κ3) is 2.26. The Kier molecular flexibility index (Phi) is 3.33. The number of carbonyl (C=O) groups is 1. The minimum absolute atomic E-state index is 0.0174. The first-order chi connectivity index (χ1) is 8.15. The molecule has 2 atom stereocenters. The fourth-order valence-corrected chi connectivity index (χ4v) is 2.38. The summed E-state index contributed by atoms with van der Waals surface area (Å²) in [5.41, 5.74) is 8.39. The predicted molar refractivity (Wildman–Crippen MR) is 64.0 cm³/mol. The van der Waals surface area contributed by atoms with Crippen LogP contribution in [0, 0.1) is 0 Å². The lowest BCUT2D eigenvalue weighted by atomic mass is 9.95. The molecule has 2 rings (SSSR count). The highest BCUT2D eigenvalue weighted by atomic mass is 16.5. The van der Waals surface area contributed by atoms with E-state index in [2.05, 4.69) is 0 Å². The predicted octanol–water partition coefficient (Wildman–Crippen LogP) is 1.23.